The molecule has 2 amide bonds. The zero-order chi connectivity index (χ0) is 28.0. The number of nitrogens with zero attached hydrogens (tertiary/aromatic N) is 4. The van der Waals surface area contributed by atoms with E-state index in [2.05, 4.69) is 10.2 Å². The number of ether oxygens (including phenoxy) is 1. The van der Waals surface area contributed by atoms with E-state index in [1.54, 1.807) is 35.2 Å². The van der Waals surface area contributed by atoms with E-state index in [-0.39, 0.29) is 48.6 Å². The highest BCUT2D eigenvalue weighted by Crippen LogP contribution is 2.27. The van der Waals surface area contributed by atoms with E-state index < -0.39 is 27.0 Å². The van der Waals surface area contributed by atoms with Crippen LogP contribution in [0.5, 0.6) is 0 Å². The van der Waals surface area contributed by atoms with Crippen LogP contribution >= 0.6 is 0 Å². The number of carbonyl (C=O) groups is 2. The number of non-ortho nitro benzene ring substituents is 1. The number of hydrogen-bond donors (Lipinski definition) is 1. The number of nitro groups is 1. The van der Waals surface area contributed by atoms with Crippen LogP contribution in [0, 0.1) is 16.0 Å². The quantitative estimate of drug-likeness (QED) is 0.309. The third kappa shape index (κ3) is 7.11. The number of esters is 1. The molecule has 12 nitrogen and oxygen atoms in total. The highest BCUT2D eigenvalue weighted by atomic mass is 32.2. The Kier molecular flexibility index (Phi) is 9.15. The molecule has 0 unspecified atom stereocenters. The molecular weight excluding hydrogens is 526 g/mol. The minimum Gasteiger partial charge on any atom is -0.458 e. The summed E-state index contributed by atoms with van der Waals surface area (Å²) in [6.45, 7) is 3.25. The highest BCUT2D eigenvalue weighted by Gasteiger charge is 2.35. The number of sulfonamides is 1. The first-order chi connectivity index (χ1) is 18.6. The molecule has 0 radical (unpaired) electrons. The first-order valence-corrected chi connectivity index (χ1v) is 14.3. The Bertz CT molecular complexity index is 1270. The van der Waals surface area contributed by atoms with Crippen molar-refractivity contribution >= 4 is 27.7 Å². The number of rotatable bonds is 7. The molecule has 0 spiro atoms. The molecule has 2 saturated heterocycles. The van der Waals surface area contributed by atoms with E-state index >= 15 is 0 Å². The fourth-order valence-electron chi connectivity index (χ4n) is 4.75. The molecule has 13 heteroatoms. The Morgan fingerprint density at radius 3 is 2.26 bits per heavy atom. The maximum absolute atomic E-state index is 13.3. The van der Waals surface area contributed by atoms with E-state index in [1.165, 1.54) is 16.4 Å². The van der Waals surface area contributed by atoms with E-state index in [9.17, 15) is 28.1 Å². The summed E-state index contributed by atoms with van der Waals surface area (Å²) in [4.78, 5) is 39.9. The number of hydrogen-bond acceptors (Lipinski definition) is 8. The van der Waals surface area contributed by atoms with Crippen molar-refractivity contribution in [3.8, 4) is 0 Å². The third-order valence-electron chi connectivity index (χ3n) is 7.20. The Balaban J connectivity index is 1.48. The van der Waals surface area contributed by atoms with Gasteiger partial charge in [0.25, 0.3) is 5.69 Å². The van der Waals surface area contributed by atoms with Gasteiger partial charge in [0.15, 0.2) is 0 Å². The molecule has 2 aromatic rings. The van der Waals surface area contributed by atoms with Gasteiger partial charge < -0.3 is 19.9 Å². The Morgan fingerprint density at radius 1 is 0.974 bits per heavy atom. The van der Waals surface area contributed by atoms with Crippen molar-refractivity contribution in [2.24, 2.45) is 5.92 Å². The molecule has 0 aromatic heterocycles. The maximum atomic E-state index is 13.3. The van der Waals surface area contributed by atoms with Gasteiger partial charge in [0.2, 0.25) is 10.0 Å². The van der Waals surface area contributed by atoms with E-state index in [0.717, 1.165) is 25.2 Å². The van der Waals surface area contributed by atoms with Crippen LogP contribution in [-0.2, 0) is 14.8 Å². The second kappa shape index (κ2) is 12.5. The first-order valence-electron chi connectivity index (χ1n) is 12.9. The summed E-state index contributed by atoms with van der Waals surface area (Å²) in [5, 5.41) is 13.9. The predicted molar refractivity (Wildman–Crippen MR) is 143 cm³/mol. The van der Waals surface area contributed by atoms with Crippen LogP contribution in [0.25, 0.3) is 0 Å². The number of amides is 2. The molecule has 1 N–H and O–H groups in total. The van der Waals surface area contributed by atoms with Crippen molar-refractivity contribution in [2.75, 3.05) is 52.9 Å². The highest BCUT2D eigenvalue weighted by molar-refractivity contribution is 7.89. The molecule has 0 bridgehead atoms. The van der Waals surface area contributed by atoms with Gasteiger partial charge >= 0.3 is 12.0 Å². The predicted octanol–water partition coefficient (Wildman–Crippen LogP) is 2.18. The number of carbonyl (C=O) groups excluding carboxylic acids is 2. The zero-order valence-electron chi connectivity index (χ0n) is 21.8. The van der Waals surface area contributed by atoms with Crippen LogP contribution < -0.4 is 5.32 Å². The number of nitro benzene ring substituents is 1. The molecule has 4 rings (SSSR count). The van der Waals surface area contributed by atoms with Gasteiger partial charge in [0.05, 0.1) is 15.4 Å². The van der Waals surface area contributed by atoms with Gasteiger partial charge in [-0.2, -0.15) is 4.31 Å². The number of piperazine rings is 1. The Morgan fingerprint density at radius 2 is 1.62 bits per heavy atom. The van der Waals surface area contributed by atoms with Crippen LogP contribution in [0.4, 0.5) is 10.5 Å². The number of benzene rings is 2. The lowest BCUT2D eigenvalue weighted by Crippen LogP contribution is -2.51. The lowest BCUT2D eigenvalue weighted by atomic mass is 9.97. The third-order valence-corrected chi connectivity index (χ3v) is 9.11. The van der Waals surface area contributed by atoms with E-state index in [1.807, 2.05) is 7.05 Å². The summed E-state index contributed by atoms with van der Waals surface area (Å²) < 4.78 is 33.9. The fourth-order valence-corrected chi connectivity index (χ4v) is 6.22. The van der Waals surface area contributed by atoms with Gasteiger partial charge in [-0.3, -0.25) is 10.1 Å². The van der Waals surface area contributed by atoms with Crippen molar-refractivity contribution in [1.29, 1.82) is 0 Å². The van der Waals surface area contributed by atoms with Gasteiger partial charge in [-0.1, -0.05) is 18.2 Å². The largest absolute Gasteiger partial charge is 0.458 e. The van der Waals surface area contributed by atoms with Gasteiger partial charge in [0.1, 0.15) is 6.10 Å². The summed E-state index contributed by atoms with van der Waals surface area (Å²) in [5.41, 5.74) is 0.186. The molecule has 2 aliphatic rings. The zero-order valence-corrected chi connectivity index (χ0v) is 22.6. The summed E-state index contributed by atoms with van der Waals surface area (Å²) in [6.07, 6.45) is -0.0375. The molecule has 210 valence electrons. The molecule has 2 atom stereocenters. The maximum Gasteiger partial charge on any atom is 0.338 e. The second-order valence-corrected chi connectivity index (χ2v) is 11.7. The molecule has 0 aliphatic carbocycles. The summed E-state index contributed by atoms with van der Waals surface area (Å²) in [5.74, 6) is -0.825. The standard InChI is InChI=1S/C26H33N5O7S/c1-28-15-17-29(18-16-28)26(33)27-19-21-11-13-30(39(36,37)23-9-7-22(8-10-23)31(34)35)14-12-24(21)38-25(32)20-5-3-2-4-6-20/h2-10,21,24H,11-19H2,1H3,(H,27,33)/t21-,24-/m1/s1. The Labute approximate surface area is 227 Å². The molecular formula is C26H33N5O7S. The number of likely N-dealkylation sites (N-methyl/N-ethyl adjacent to an activating group) is 1. The SMILES string of the molecule is CN1CCN(C(=O)NC[C@H]2CCN(S(=O)(=O)c3ccc([N+](=O)[O-])cc3)CC[C@H]2OC(=O)c2ccccc2)CC1. The van der Waals surface area contributed by atoms with Crippen LogP contribution in [0.15, 0.2) is 59.5 Å². The smallest absolute Gasteiger partial charge is 0.338 e. The van der Waals surface area contributed by atoms with Gasteiger partial charge in [-0.25, -0.2) is 18.0 Å². The van der Waals surface area contributed by atoms with Crippen molar-refractivity contribution in [2.45, 2.75) is 23.8 Å². The topological polar surface area (TPSA) is 142 Å². The first kappa shape index (κ1) is 28.5. The summed E-state index contributed by atoms with van der Waals surface area (Å²) in [7, 11) is -1.94. The fraction of sp³-hybridized carbons (Fsp3) is 0.462. The summed E-state index contributed by atoms with van der Waals surface area (Å²) in [6, 6.07) is 13.1. The van der Waals surface area contributed by atoms with Gasteiger partial charge in [0, 0.05) is 63.9 Å². The minimum atomic E-state index is -3.94. The molecule has 39 heavy (non-hydrogen) atoms. The van der Waals surface area contributed by atoms with Crippen LogP contribution in [-0.4, -0.2) is 98.4 Å². The van der Waals surface area contributed by atoms with Crippen LogP contribution in [0.2, 0.25) is 0 Å². The average molecular weight is 560 g/mol. The minimum absolute atomic E-state index is 0.0484. The second-order valence-electron chi connectivity index (χ2n) is 9.78. The van der Waals surface area contributed by atoms with Crippen molar-refractivity contribution < 1.29 is 27.7 Å². The molecule has 2 fully saturated rings. The van der Waals surface area contributed by atoms with Crippen LogP contribution in [0.3, 0.4) is 0 Å². The van der Waals surface area contributed by atoms with E-state index in [0.29, 0.717) is 25.1 Å². The lowest BCUT2D eigenvalue weighted by molar-refractivity contribution is -0.384. The summed E-state index contributed by atoms with van der Waals surface area (Å²) >= 11 is 0. The molecule has 2 heterocycles. The Hall–Kier alpha value is -3.55. The molecule has 0 saturated carbocycles. The lowest BCUT2D eigenvalue weighted by Gasteiger charge is -2.33. The molecule has 2 aromatic carbocycles. The van der Waals surface area contributed by atoms with Crippen molar-refractivity contribution in [3.63, 3.8) is 0 Å². The van der Waals surface area contributed by atoms with Gasteiger partial charge in [-0.05, 0) is 44.2 Å². The number of urea groups is 1. The normalized spacial score (nSPS) is 21.1. The van der Waals surface area contributed by atoms with E-state index in [4.69, 9.17) is 4.74 Å². The average Bonchev–Trinajstić information content (AvgIpc) is 3.15. The van der Waals surface area contributed by atoms with Crippen molar-refractivity contribution in [1.82, 2.24) is 19.4 Å². The monoisotopic (exact) mass is 559 g/mol. The van der Waals surface area contributed by atoms with Crippen molar-refractivity contribution in [3.05, 3.63) is 70.3 Å². The van der Waals surface area contributed by atoms with Gasteiger partial charge in [-0.15, -0.1) is 0 Å². The van der Waals surface area contributed by atoms with Crippen LogP contribution in [0.1, 0.15) is 23.2 Å². The molecule has 2 aliphatic heterocycles. The number of nitrogens with one attached hydrogen (secondary N) is 1.